The molecule has 0 fully saturated rings. The second-order valence-electron chi connectivity index (χ2n) is 4.99. The van der Waals surface area contributed by atoms with Gasteiger partial charge >= 0.3 is 6.09 Å². The molecule has 1 aromatic carbocycles. The molecule has 0 spiro atoms. The molecule has 122 valence electrons. The average molecular weight is 341 g/mol. The summed E-state index contributed by atoms with van der Waals surface area (Å²) in [5.74, 6) is 0.711. The molecule has 4 N–H and O–H groups in total. The third-order valence-electron chi connectivity index (χ3n) is 3.35. The fraction of sp³-hybridized carbons (Fsp3) is 0.0625. The minimum absolute atomic E-state index is 0.254. The van der Waals surface area contributed by atoms with E-state index in [4.69, 9.17) is 10.8 Å². The molecule has 0 bridgehead atoms. The first-order valence-electron chi connectivity index (χ1n) is 7.05. The molecule has 0 aliphatic heterocycles. The minimum atomic E-state index is -1.09. The van der Waals surface area contributed by atoms with Gasteiger partial charge in [-0.2, -0.15) is 0 Å². The highest BCUT2D eigenvalue weighted by Gasteiger charge is 2.13. The number of aliphatic imine (C=N–C) groups is 1. The topological polar surface area (TPSA) is 108 Å². The molecule has 0 saturated heterocycles. The van der Waals surface area contributed by atoms with Crippen LogP contribution in [-0.4, -0.2) is 34.1 Å². The van der Waals surface area contributed by atoms with Gasteiger partial charge in [0.25, 0.3) is 0 Å². The zero-order valence-electron chi connectivity index (χ0n) is 12.8. The highest BCUT2D eigenvalue weighted by Crippen LogP contribution is 2.25. The number of H-pyrrole nitrogens is 1. The number of rotatable bonds is 4. The molecule has 0 aliphatic carbocycles. The number of nitrogens with two attached hydrogens (primary N) is 1. The Balaban J connectivity index is 1.88. The number of nitrogens with one attached hydrogen (secondary N) is 1. The fourth-order valence-corrected chi connectivity index (χ4v) is 2.71. The molecule has 0 radical (unpaired) electrons. The van der Waals surface area contributed by atoms with E-state index in [1.807, 2.05) is 41.8 Å². The summed E-state index contributed by atoms with van der Waals surface area (Å²) in [5, 5.41) is 10.9. The first-order chi connectivity index (χ1) is 11.5. The van der Waals surface area contributed by atoms with Crippen LogP contribution in [0, 0.1) is 0 Å². The zero-order chi connectivity index (χ0) is 17.1. The highest BCUT2D eigenvalue weighted by atomic mass is 32.1. The molecule has 1 amide bonds. The lowest BCUT2D eigenvalue weighted by molar-refractivity contribution is 0.203. The number of imidazole rings is 1. The van der Waals surface area contributed by atoms with Crippen molar-refractivity contribution in [3.05, 3.63) is 52.9 Å². The first kappa shape index (κ1) is 15.8. The molecule has 0 unspecified atom stereocenters. The van der Waals surface area contributed by atoms with Gasteiger partial charge in [-0.3, -0.25) is 4.90 Å². The van der Waals surface area contributed by atoms with Gasteiger partial charge in [0.2, 0.25) is 5.95 Å². The molecule has 0 aliphatic rings. The van der Waals surface area contributed by atoms with Crippen LogP contribution in [0.25, 0.3) is 11.3 Å². The third-order valence-corrected chi connectivity index (χ3v) is 4.24. The Hall–Kier alpha value is -3.13. The van der Waals surface area contributed by atoms with E-state index in [9.17, 15) is 4.79 Å². The maximum absolute atomic E-state index is 11.0. The van der Waals surface area contributed by atoms with Crippen molar-refractivity contribution >= 4 is 34.9 Å². The second kappa shape index (κ2) is 6.55. The summed E-state index contributed by atoms with van der Waals surface area (Å²) in [4.78, 5) is 24.4. The number of nitrogens with zero attached hydrogens (tertiary/aromatic N) is 3. The van der Waals surface area contributed by atoms with Crippen molar-refractivity contribution < 1.29 is 9.90 Å². The predicted octanol–water partition coefficient (Wildman–Crippen LogP) is 3.29. The van der Waals surface area contributed by atoms with Crippen LogP contribution >= 0.6 is 11.3 Å². The number of carboxylic acid groups (broad SMARTS) is 1. The van der Waals surface area contributed by atoms with Crippen molar-refractivity contribution in [1.82, 2.24) is 9.97 Å². The van der Waals surface area contributed by atoms with E-state index in [-0.39, 0.29) is 5.95 Å². The quantitative estimate of drug-likeness (QED) is 0.500. The molecule has 2 aromatic heterocycles. The summed E-state index contributed by atoms with van der Waals surface area (Å²) in [6.45, 7) is 0. The van der Waals surface area contributed by atoms with Crippen LogP contribution in [0.2, 0.25) is 0 Å². The Morgan fingerprint density at radius 3 is 2.92 bits per heavy atom. The van der Waals surface area contributed by atoms with Crippen LogP contribution in [0.15, 0.2) is 53.0 Å². The first-order valence-corrected chi connectivity index (χ1v) is 7.92. The summed E-state index contributed by atoms with van der Waals surface area (Å²) in [6, 6.07) is 11.3. The predicted molar refractivity (Wildman–Crippen MR) is 95.2 cm³/mol. The second-order valence-corrected chi connectivity index (χ2v) is 5.93. The van der Waals surface area contributed by atoms with E-state index in [2.05, 4.69) is 15.0 Å². The Bertz CT molecular complexity index is 886. The fourth-order valence-electron chi connectivity index (χ4n) is 2.08. The standard InChI is InChI=1S/C16H15N5O2S/c1-21(16(22)23)15-18-9-12(20-15)10-4-2-5-11(8-10)19-14(17)13-6-3-7-24-13/h2-9H,1H3,(H2,17,19)(H,18,20)(H,22,23). The molecule has 3 rings (SSSR count). The van der Waals surface area contributed by atoms with E-state index >= 15 is 0 Å². The molecule has 8 heteroatoms. The number of aromatic amines is 1. The van der Waals surface area contributed by atoms with Gasteiger partial charge in [0.05, 0.1) is 22.5 Å². The summed E-state index contributed by atoms with van der Waals surface area (Å²) < 4.78 is 0. The summed E-state index contributed by atoms with van der Waals surface area (Å²) >= 11 is 1.53. The van der Waals surface area contributed by atoms with Gasteiger partial charge in [-0.1, -0.05) is 18.2 Å². The number of amides is 1. The van der Waals surface area contributed by atoms with Crippen LogP contribution in [0.1, 0.15) is 4.88 Å². The van der Waals surface area contributed by atoms with Crippen molar-refractivity contribution in [2.75, 3.05) is 11.9 Å². The number of anilines is 1. The number of hydrogen-bond donors (Lipinski definition) is 3. The Labute approximate surface area is 142 Å². The molecule has 2 heterocycles. The molecule has 0 saturated carbocycles. The Kier molecular flexibility index (Phi) is 4.30. The van der Waals surface area contributed by atoms with Gasteiger partial charge in [-0.05, 0) is 23.6 Å². The normalized spacial score (nSPS) is 11.5. The van der Waals surface area contributed by atoms with Crippen molar-refractivity contribution in [3.8, 4) is 11.3 Å². The SMILES string of the molecule is CN(C(=O)O)c1ncc(-c2cccc(N=C(N)c3cccs3)c2)[nH]1. The van der Waals surface area contributed by atoms with E-state index in [0.717, 1.165) is 15.3 Å². The van der Waals surface area contributed by atoms with Crippen LogP contribution < -0.4 is 10.6 Å². The van der Waals surface area contributed by atoms with Crippen LogP contribution in [0.3, 0.4) is 0 Å². The lowest BCUT2D eigenvalue weighted by Gasteiger charge is -2.08. The number of amidine groups is 1. The largest absolute Gasteiger partial charge is 0.465 e. The maximum atomic E-state index is 11.0. The molecule has 24 heavy (non-hydrogen) atoms. The third kappa shape index (κ3) is 3.28. The van der Waals surface area contributed by atoms with Gasteiger partial charge in [-0.25, -0.2) is 14.8 Å². The van der Waals surface area contributed by atoms with Crippen LogP contribution in [-0.2, 0) is 0 Å². The zero-order valence-corrected chi connectivity index (χ0v) is 13.6. The molecule has 3 aromatic rings. The maximum Gasteiger partial charge on any atom is 0.413 e. The Morgan fingerprint density at radius 1 is 1.38 bits per heavy atom. The van der Waals surface area contributed by atoms with Crippen molar-refractivity contribution in [2.45, 2.75) is 0 Å². The van der Waals surface area contributed by atoms with Gasteiger partial charge < -0.3 is 15.8 Å². The smallest absolute Gasteiger partial charge is 0.413 e. The van der Waals surface area contributed by atoms with Crippen molar-refractivity contribution in [2.24, 2.45) is 10.7 Å². The van der Waals surface area contributed by atoms with Gasteiger partial charge in [0, 0.05) is 12.6 Å². The van der Waals surface area contributed by atoms with E-state index in [0.29, 0.717) is 17.2 Å². The lowest BCUT2D eigenvalue weighted by Crippen LogP contribution is -2.24. The van der Waals surface area contributed by atoms with E-state index in [1.165, 1.54) is 18.4 Å². The van der Waals surface area contributed by atoms with Gasteiger partial charge in [0.1, 0.15) is 5.84 Å². The van der Waals surface area contributed by atoms with E-state index < -0.39 is 6.09 Å². The molecular weight excluding hydrogens is 326 g/mol. The van der Waals surface area contributed by atoms with Crippen molar-refractivity contribution in [3.63, 3.8) is 0 Å². The van der Waals surface area contributed by atoms with Crippen molar-refractivity contribution in [1.29, 1.82) is 0 Å². The van der Waals surface area contributed by atoms with E-state index in [1.54, 1.807) is 6.20 Å². The highest BCUT2D eigenvalue weighted by molar-refractivity contribution is 7.12. The summed E-state index contributed by atoms with van der Waals surface area (Å²) in [7, 11) is 1.42. The molecular formula is C16H15N5O2S. The number of hydrogen-bond acceptors (Lipinski definition) is 4. The minimum Gasteiger partial charge on any atom is -0.465 e. The van der Waals surface area contributed by atoms with Crippen LogP contribution in [0.5, 0.6) is 0 Å². The Morgan fingerprint density at radius 2 is 2.21 bits per heavy atom. The number of aromatic nitrogens is 2. The number of benzene rings is 1. The van der Waals surface area contributed by atoms with Crippen LogP contribution in [0.4, 0.5) is 16.4 Å². The summed E-state index contributed by atoms with van der Waals surface area (Å²) in [6.07, 6.45) is 0.498. The lowest BCUT2D eigenvalue weighted by atomic mass is 10.1. The monoisotopic (exact) mass is 341 g/mol. The number of carbonyl (C=O) groups is 1. The number of thiophene rings is 1. The average Bonchev–Trinajstić information content (AvgIpc) is 3.26. The molecule has 0 atom stereocenters. The van der Waals surface area contributed by atoms with Gasteiger partial charge in [-0.15, -0.1) is 11.3 Å². The molecule has 7 nitrogen and oxygen atoms in total. The summed E-state index contributed by atoms with van der Waals surface area (Å²) in [5.41, 5.74) is 8.25. The van der Waals surface area contributed by atoms with Gasteiger partial charge in [0.15, 0.2) is 0 Å².